The van der Waals surface area contributed by atoms with Crippen molar-refractivity contribution >= 4 is 34.9 Å². The molecule has 0 unspecified atom stereocenters. The molecule has 1 saturated heterocycles. The van der Waals surface area contributed by atoms with Crippen LogP contribution < -0.4 is 26.0 Å². The number of barbiturate groups is 1. The smallest absolute Gasteiger partial charge is 0.335 e. The average molecular weight is 380 g/mol. The highest BCUT2D eigenvalue weighted by molar-refractivity contribution is 6.29. The first-order valence-electron chi connectivity index (χ1n) is 8.57. The minimum atomic E-state index is -1.22. The SMILES string of the molecule is C/C=C(/Nc1ccccc1N)[C@@H]1C(=O)NC(=O)N(c2ccc(OC)cc2)C1=O. The van der Waals surface area contributed by atoms with Crippen molar-refractivity contribution in [2.24, 2.45) is 5.92 Å². The molecule has 8 nitrogen and oxygen atoms in total. The van der Waals surface area contributed by atoms with E-state index >= 15 is 0 Å². The summed E-state index contributed by atoms with van der Waals surface area (Å²) in [4.78, 5) is 38.8. The van der Waals surface area contributed by atoms with Crippen molar-refractivity contribution in [3.05, 3.63) is 60.3 Å². The second kappa shape index (κ2) is 7.83. The number of carbonyl (C=O) groups is 3. The van der Waals surface area contributed by atoms with Crippen molar-refractivity contribution in [2.45, 2.75) is 6.92 Å². The fourth-order valence-corrected chi connectivity index (χ4v) is 2.90. The summed E-state index contributed by atoms with van der Waals surface area (Å²) in [6.45, 7) is 1.69. The number of benzene rings is 2. The highest BCUT2D eigenvalue weighted by Gasteiger charge is 2.43. The lowest BCUT2D eigenvalue weighted by Gasteiger charge is -2.31. The van der Waals surface area contributed by atoms with Gasteiger partial charge in [0.05, 0.1) is 24.2 Å². The molecule has 0 saturated carbocycles. The molecule has 1 aliphatic heterocycles. The number of methoxy groups -OCH3 is 1. The number of imide groups is 2. The third-order valence-corrected chi connectivity index (χ3v) is 4.36. The van der Waals surface area contributed by atoms with Crippen molar-refractivity contribution in [1.82, 2.24) is 5.32 Å². The maximum Gasteiger partial charge on any atom is 0.335 e. The van der Waals surface area contributed by atoms with Crippen LogP contribution in [0.25, 0.3) is 0 Å². The van der Waals surface area contributed by atoms with Gasteiger partial charge in [0.25, 0.3) is 5.91 Å². The molecular weight excluding hydrogens is 360 g/mol. The normalized spacial score (nSPS) is 17.4. The molecule has 0 aliphatic carbocycles. The highest BCUT2D eigenvalue weighted by Crippen LogP contribution is 2.28. The van der Waals surface area contributed by atoms with Crippen LogP contribution in [0.4, 0.5) is 21.9 Å². The number of urea groups is 1. The molecule has 0 spiro atoms. The Balaban J connectivity index is 1.93. The average Bonchev–Trinajstić information content (AvgIpc) is 2.68. The zero-order chi connectivity index (χ0) is 20.3. The Labute approximate surface area is 162 Å². The number of allylic oxidation sites excluding steroid dienone is 1. The van der Waals surface area contributed by atoms with Gasteiger partial charge < -0.3 is 15.8 Å². The van der Waals surface area contributed by atoms with Crippen molar-refractivity contribution in [3.63, 3.8) is 0 Å². The Morgan fingerprint density at radius 2 is 1.82 bits per heavy atom. The number of rotatable bonds is 5. The first kappa shape index (κ1) is 19.0. The van der Waals surface area contributed by atoms with Crippen molar-refractivity contribution < 1.29 is 19.1 Å². The predicted octanol–water partition coefficient (Wildman–Crippen LogP) is 2.49. The van der Waals surface area contributed by atoms with Gasteiger partial charge in [-0.1, -0.05) is 18.2 Å². The fraction of sp³-hybridized carbons (Fsp3) is 0.150. The first-order valence-corrected chi connectivity index (χ1v) is 8.57. The van der Waals surface area contributed by atoms with Crippen LogP contribution in [-0.4, -0.2) is 25.0 Å². The Morgan fingerprint density at radius 1 is 1.14 bits per heavy atom. The number of hydrogen-bond donors (Lipinski definition) is 3. The Morgan fingerprint density at radius 3 is 2.43 bits per heavy atom. The van der Waals surface area contributed by atoms with Crippen molar-refractivity contribution in [3.8, 4) is 5.75 Å². The Hall–Kier alpha value is -3.81. The van der Waals surface area contributed by atoms with E-state index in [9.17, 15) is 14.4 Å². The van der Waals surface area contributed by atoms with Gasteiger partial charge in [-0.2, -0.15) is 0 Å². The van der Waals surface area contributed by atoms with E-state index in [4.69, 9.17) is 10.5 Å². The van der Waals surface area contributed by atoms with Crippen LogP contribution in [-0.2, 0) is 9.59 Å². The summed E-state index contributed by atoms with van der Waals surface area (Å²) in [5, 5.41) is 5.27. The van der Waals surface area contributed by atoms with Gasteiger partial charge in [0.2, 0.25) is 5.91 Å². The first-order chi connectivity index (χ1) is 13.5. The van der Waals surface area contributed by atoms with Gasteiger partial charge in [0.1, 0.15) is 5.75 Å². The Kier molecular flexibility index (Phi) is 5.30. The number of amides is 4. The van der Waals surface area contributed by atoms with Crippen LogP contribution in [0.2, 0.25) is 0 Å². The minimum absolute atomic E-state index is 0.325. The number of hydrogen-bond acceptors (Lipinski definition) is 6. The molecule has 2 aromatic carbocycles. The van der Waals surface area contributed by atoms with Crippen molar-refractivity contribution in [1.29, 1.82) is 0 Å². The summed E-state index contributed by atoms with van der Waals surface area (Å²) in [5.41, 5.74) is 7.62. The fourth-order valence-electron chi connectivity index (χ4n) is 2.90. The molecule has 0 radical (unpaired) electrons. The molecule has 4 N–H and O–H groups in total. The molecule has 144 valence electrons. The molecule has 28 heavy (non-hydrogen) atoms. The summed E-state index contributed by atoms with van der Waals surface area (Å²) >= 11 is 0. The van der Waals surface area contributed by atoms with E-state index in [1.807, 2.05) is 0 Å². The molecule has 1 heterocycles. The van der Waals surface area contributed by atoms with Crippen LogP contribution in [0.15, 0.2) is 60.3 Å². The third-order valence-electron chi connectivity index (χ3n) is 4.36. The van der Waals surface area contributed by atoms with Crippen LogP contribution in [0.3, 0.4) is 0 Å². The van der Waals surface area contributed by atoms with E-state index < -0.39 is 23.8 Å². The van der Waals surface area contributed by atoms with Crippen LogP contribution >= 0.6 is 0 Å². The lowest BCUT2D eigenvalue weighted by Crippen LogP contribution is -2.59. The van der Waals surface area contributed by atoms with Gasteiger partial charge in [-0.05, 0) is 43.3 Å². The standard InChI is InChI=1S/C20H20N4O4/c1-3-15(22-16-7-5-4-6-14(16)21)17-18(25)23-20(27)24(19(17)26)12-8-10-13(28-2)11-9-12/h3-11,17,22H,21H2,1-2H3,(H,23,25,27)/b15-3+/t17-/m1/s1. The number of nitrogens with two attached hydrogens (primary N) is 1. The van der Waals surface area contributed by atoms with Gasteiger partial charge in [-0.25, -0.2) is 9.69 Å². The second-order valence-corrected chi connectivity index (χ2v) is 6.06. The number of para-hydroxylation sites is 2. The molecule has 3 rings (SSSR count). The molecule has 0 aromatic heterocycles. The van der Waals surface area contributed by atoms with Gasteiger partial charge in [0, 0.05) is 5.70 Å². The monoisotopic (exact) mass is 380 g/mol. The summed E-state index contributed by atoms with van der Waals surface area (Å²) in [5.74, 6) is -2.00. The molecule has 4 amide bonds. The maximum atomic E-state index is 13.1. The van der Waals surface area contributed by atoms with Gasteiger partial charge in [0.15, 0.2) is 5.92 Å². The van der Waals surface area contributed by atoms with E-state index in [1.54, 1.807) is 61.5 Å². The molecule has 1 atom stereocenters. The van der Waals surface area contributed by atoms with Crippen molar-refractivity contribution in [2.75, 3.05) is 23.1 Å². The topological polar surface area (TPSA) is 114 Å². The number of nitrogen functional groups attached to an aromatic ring is 1. The molecule has 2 aromatic rings. The van der Waals surface area contributed by atoms with Crippen LogP contribution in [0.1, 0.15) is 6.92 Å². The molecular formula is C20H20N4O4. The maximum absolute atomic E-state index is 13.1. The molecule has 8 heteroatoms. The lowest BCUT2D eigenvalue weighted by atomic mass is 9.99. The largest absolute Gasteiger partial charge is 0.497 e. The van der Waals surface area contributed by atoms with Gasteiger partial charge in [-0.3, -0.25) is 14.9 Å². The predicted molar refractivity (Wildman–Crippen MR) is 106 cm³/mol. The zero-order valence-electron chi connectivity index (χ0n) is 15.4. The minimum Gasteiger partial charge on any atom is -0.497 e. The van der Waals surface area contributed by atoms with E-state index in [0.717, 1.165) is 4.90 Å². The number of carbonyl (C=O) groups excluding carboxylic acids is 3. The molecule has 1 fully saturated rings. The van der Waals surface area contributed by atoms with Crippen LogP contribution in [0.5, 0.6) is 5.75 Å². The second-order valence-electron chi connectivity index (χ2n) is 6.06. The van der Waals surface area contributed by atoms with Gasteiger partial charge >= 0.3 is 6.03 Å². The number of ether oxygens (including phenoxy) is 1. The number of nitrogens with zero attached hydrogens (tertiary/aromatic N) is 1. The number of nitrogens with one attached hydrogen (secondary N) is 2. The molecule has 0 bridgehead atoms. The van der Waals surface area contributed by atoms with E-state index in [-0.39, 0.29) is 0 Å². The Bertz CT molecular complexity index is 953. The quantitative estimate of drug-likeness (QED) is 0.542. The highest BCUT2D eigenvalue weighted by atomic mass is 16.5. The van der Waals surface area contributed by atoms with Crippen LogP contribution in [0, 0.1) is 5.92 Å². The summed E-state index contributed by atoms with van der Waals surface area (Å²) < 4.78 is 5.09. The number of anilines is 3. The zero-order valence-corrected chi connectivity index (χ0v) is 15.4. The summed E-state index contributed by atoms with van der Waals surface area (Å²) in [6, 6.07) is 12.6. The molecule has 1 aliphatic rings. The van der Waals surface area contributed by atoms with E-state index in [0.29, 0.717) is 28.5 Å². The summed E-state index contributed by atoms with van der Waals surface area (Å²) in [7, 11) is 1.52. The van der Waals surface area contributed by atoms with E-state index in [2.05, 4.69) is 10.6 Å². The summed E-state index contributed by atoms with van der Waals surface area (Å²) in [6.07, 6.45) is 1.61. The third kappa shape index (κ3) is 3.52. The van der Waals surface area contributed by atoms with E-state index in [1.165, 1.54) is 7.11 Å². The lowest BCUT2D eigenvalue weighted by molar-refractivity contribution is -0.132. The van der Waals surface area contributed by atoms with Gasteiger partial charge in [-0.15, -0.1) is 0 Å².